The van der Waals surface area contributed by atoms with Crippen molar-refractivity contribution in [2.24, 2.45) is 11.1 Å². The van der Waals surface area contributed by atoms with E-state index in [1.807, 2.05) is 6.92 Å². The largest absolute Gasteiger partial charge is 0.464 e. The van der Waals surface area contributed by atoms with Gasteiger partial charge in [0.1, 0.15) is 11.9 Å². The molecule has 20 heavy (non-hydrogen) atoms. The Labute approximate surface area is 119 Å². The van der Waals surface area contributed by atoms with Crippen LogP contribution in [0.5, 0.6) is 0 Å². The summed E-state index contributed by atoms with van der Waals surface area (Å²) in [4.78, 5) is 19.9. The van der Waals surface area contributed by atoms with Crippen LogP contribution < -0.4 is 5.32 Å². The van der Waals surface area contributed by atoms with E-state index in [4.69, 9.17) is 9.57 Å². The first-order chi connectivity index (χ1) is 9.63. The highest BCUT2D eigenvalue weighted by atomic mass is 16.7. The maximum Gasteiger partial charge on any atom is 0.328 e. The van der Waals surface area contributed by atoms with Crippen LogP contribution in [0.2, 0.25) is 0 Å². The van der Waals surface area contributed by atoms with E-state index in [1.54, 1.807) is 0 Å². The van der Waals surface area contributed by atoms with Crippen molar-refractivity contribution >= 4 is 11.8 Å². The average molecular weight is 281 g/mol. The van der Waals surface area contributed by atoms with Crippen LogP contribution in [0.1, 0.15) is 33.1 Å². The molecule has 0 aromatic carbocycles. The van der Waals surface area contributed by atoms with Gasteiger partial charge in [0.25, 0.3) is 0 Å². The summed E-state index contributed by atoms with van der Waals surface area (Å²) in [7, 11) is 0. The number of nitrogens with zero attached hydrogens (tertiary/aromatic N) is 2. The van der Waals surface area contributed by atoms with Gasteiger partial charge in [-0.2, -0.15) is 0 Å². The first-order valence-electron chi connectivity index (χ1n) is 7.52. The number of amidine groups is 1. The first-order valence-corrected chi connectivity index (χ1v) is 7.52. The van der Waals surface area contributed by atoms with Crippen LogP contribution in [-0.4, -0.2) is 54.6 Å². The number of likely N-dealkylation sites (tertiary alicyclic amines) is 1. The van der Waals surface area contributed by atoms with Gasteiger partial charge in [0, 0.05) is 19.6 Å². The van der Waals surface area contributed by atoms with Crippen molar-refractivity contribution in [3.05, 3.63) is 0 Å². The van der Waals surface area contributed by atoms with E-state index in [0.29, 0.717) is 12.5 Å². The molecule has 1 spiro atoms. The van der Waals surface area contributed by atoms with E-state index in [0.717, 1.165) is 44.7 Å². The van der Waals surface area contributed by atoms with Gasteiger partial charge in [0.2, 0.25) is 0 Å². The lowest BCUT2D eigenvalue weighted by atomic mass is 9.89. The molecule has 2 unspecified atom stereocenters. The second kappa shape index (κ2) is 5.24. The van der Waals surface area contributed by atoms with Crippen LogP contribution in [0.25, 0.3) is 0 Å². The molecule has 2 saturated heterocycles. The Morgan fingerprint density at radius 2 is 2.40 bits per heavy atom. The summed E-state index contributed by atoms with van der Waals surface area (Å²) in [5.41, 5.74) is -0.155. The van der Waals surface area contributed by atoms with Gasteiger partial charge in [0.15, 0.2) is 5.60 Å². The monoisotopic (exact) mass is 281 g/mol. The third-order valence-corrected chi connectivity index (χ3v) is 4.47. The molecule has 0 aromatic heterocycles. The normalized spacial score (nSPS) is 31.5. The Bertz CT molecular complexity index is 420. The summed E-state index contributed by atoms with van der Waals surface area (Å²) in [5, 5.41) is 7.47. The summed E-state index contributed by atoms with van der Waals surface area (Å²) < 4.78 is 5.22. The minimum absolute atomic E-state index is 0.130. The molecule has 3 heterocycles. The third kappa shape index (κ3) is 2.37. The second-order valence-electron chi connectivity index (χ2n) is 6.15. The predicted molar refractivity (Wildman–Crippen MR) is 74.3 cm³/mol. The van der Waals surface area contributed by atoms with E-state index in [9.17, 15) is 4.79 Å². The van der Waals surface area contributed by atoms with Gasteiger partial charge in [-0.3, -0.25) is 0 Å². The lowest BCUT2D eigenvalue weighted by Gasteiger charge is -2.39. The standard InChI is InChI=1S/C14H23N3O3/c1-3-19-13(18)11-6-10(2)4-5-17(11)12-7-14(20-16-12)8-15-9-14/h10-11,15H,3-9H2,1-2H3. The molecule has 6 heteroatoms. The topological polar surface area (TPSA) is 63.2 Å². The minimum Gasteiger partial charge on any atom is -0.464 e. The number of ether oxygens (including phenoxy) is 1. The van der Waals surface area contributed by atoms with Crippen LogP contribution in [0.4, 0.5) is 0 Å². The molecule has 0 radical (unpaired) electrons. The lowest BCUT2D eigenvalue weighted by Crippen LogP contribution is -2.60. The molecule has 6 nitrogen and oxygen atoms in total. The van der Waals surface area contributed by atoms with Gasteiger partial charge >= 0.3 is 5.97 Å². The van der Waals surface area contributed by atoms with Crippen molar-refractivity contribution in [2.45, 2.75) is 44.8 Å². The van der Waals surface area contributed by atoms with Gasteiger partial charge in [-0.05, 0) is 25.7 Å². The molecular weight excluding hydrogens is 258 g/mol. The Morgan fingerprint density at radius 1 is 1.60 bits per heavy atom. The van der Waals surface area contributed by atoms with Crippen molar-refractivity contribution < 1.29 is 14.4 Å². The third-order valence-electron chi connectivity index (χ3n) is 4.47. The number of carbonyl (C=O) groups is 1. The number of rotatable bonds is 2. The van der Waals surface area contributed by atoms with Gasteiger partial charge < -0.3 is 19.8 Å². The van der Waals surface area contributed by atoms with Gasteiger partial charge in [0.05, 0.1) is 13.0 Å². The number of carbonyl (C=O) groups excluding carboxylic acids is 1. The molecule has 3 aliphatic heterocycles. The minimum atomic E-state index is -0.204. The molecule has 0 aliphatic carbocycles. The van der Waals surface area contributed by atoms with Crippen molar-refractivity contribution in [2.75, 3.05) is 26.2 Å². The second-order valence-corrected chi connectivity index (χ2v) is 6.15. The number of hydrogen-bond acceptors (Lipinski definition) is 6. The summed E-state index contributed by atoms with van der Waals surface area (Å²) in [6.07, 6.45) is 2.72. The number of oxime groups is 1. The fourth-order valence-electron chi connectivity index (χ4n) is 3.16. The lowest BCUT2D eigenvalue weighted by molar-refractivity contribution is -0.149. The average Bonchev–Trinajstić information content (AvgIpc) is 2.84. The first kappa shape index (κ1) is 13.7. The Balaban J connectivity index is 1.71. The quantitative estimate of drug-likeness (QED) is 0.756. The van der Waals surface area contributed by atoms with Crippen LogP contribution >= 0.6 is 0 Å². The molecule has 0 saturated carbocycles. The van der Waals surface area contributed by atoms with Crippen molar-refractivity contribution in [1.29, 1.82) is 0 Å². The molecule has 2 fully saturated rings. The summed E-state index contributed by atoms with van der Waals surface area (Å²) in [5.74, 6) is 1.33. The van der Waals surface area contributed by atoms with Crippen molar-refractivity contribution in [1.82, 2.24) is 10.2 Å². The zero-order chi connectivity index (χ0) is 14.2. The summed E-state index contributed by atoms with van der Waals surface area (Å²) in [6.45, 7) is 7.00. The molecule has 112 valence electrons. The molecule has 1 N–H and O–H groups in total. The predicted octanol–water partition coefficient (Wildman–Crippen LogP) is 0.726. The fourth-order valence-corrected chi connectivity index (χ4v) is 3.16. The van der Waals surface area contributed by atoms with Crippen molar-refractivity contribution in [3.63, 3.8) is 0 Å². The number of esters is 1. The summed E-state index contributed by atoms with van der Waals surface area (Å²) in [6, 6.07) is -0.204. The van der Waals surface area contributed by atoms with Crippen molar-refractivity contribution in [3.8, 4) is 0 Å². The highest BCUT2D eigenvalue weighted by molar-refractivity contribution is 5.89. The highest BCUT2D eigenvalue weighted by Crippen LogP contribution is 2.32. The van der Waals surface area contributed by atoms with E-state index < -0.39 is 0 Å². The fraction of sp³-hybridized carbons (Fsp3) is 0.857. The zero-order valence-electron chi connectivity index (χ0n) is 12.2. The molecule has 0 amide bonds. The van der Waals surface area contributed by atoms with Gasteiger partial charge in [-0.1, -0.05) is 12.1 Å². The summed E-state index contributed by atoms with van der Waals surface area (Å²) >= 11 is 0. The zero-order valence-corrected chi connectivity index (χ0v) is 12.2. The number of hydrogen-bond donors (Lipinski definition) is 1. The smallest absolute Gasteiger partial charge is 0.328 e. The Kier molecular flexibility index (Phi) is 3.58. The van der Waals surface area contributed by atoms with Crippen LogP contribution in [-0.2, 0) is 14.4 Å². The molecule has 2 atom stereocenters. The maximum atomic E-state index is 12.2. The molecule has 0 bridgehead atoms. The van der Waals surface area contributed by atoms with Gasteiger partial charge in [-0.25, -0.2) is 4.79 Å². The SMILES string of the molecule is CCOC(=O)C1CC(C)CCN1C1=NOC2(CNC2)C1. The van der Waals surface area contributed by atoms with Crippen LogP contribution in [0, 0.1) is 5.92 Å². The molecular formula is C14H23N3O3. The van der Waals surface area contributed by atoms with Crippen LogP contribution in [0.3, 0.4) is 0 Å². The van der Waals surface area contributed by atoms with E-state index in [-0.39, 0.29) is 17.6 Å². The molecule has 0 aromatic rings. The Morgan fingerprint density at radius 3 is 3.00 bits per heavy atom. The van der Waals surface area contributed by atoms with E-state index in [1.165, 1.54) is 0 Å². The Hall–Kier alpha value is -1.30. The van der Waals surface area contributed by atoms with Gasteiger partial charge in [-0.15, -0.1) is 0 Å². The van der Waals surface area contributed by atoms with E-state index in [2.05, 4.69) is 22.3 Å². The molecule has 3 rings (SSSR count). The number of piperidine rings is 1. The van der Waals surface area contributed by atoms with E-state index >= 15 is 0 Å². The van der Waals surface area contributed by atoms with Crippen LogP contribution in [0.15, 0.2) is 5.16 Å². The molecule has 3 aliphatic rings. The number of nitrogens with one attached hydrogen (secondary N) is 1. The maximum absolute atomic E-state index is 12.2. The highest BCUT2D eigenvalue weighted by Gasteiger charge is 2.48.